The van der Waals surface area contributed by atoms with Crippen molar-refractivity contribution in [3.8, 4) is 0 Å². The van der Waals surface area contributed by atoms with E-state index in [0.29, 0.717) is 12.1 Å². The molecular formula is C12H20N2OS. The summed E-state index contributed by atoms with van der Waals surface area (Å²) in [5.74, 6) is 0. The van der Waals surface area contributed by atoms with Crippen molar-refractivity contribution in [2.75, 3.05) is 13.2 Å². The van der Waals surface area contributed by atoms with Crippen LogP contribution in [0.5, 0.6) is 0 Å². The van der Waals surface area contributed by atoms with Gasteiger partial charge < -0.3 is 10.1 Å². The molecular weight excluding hydrogens is 220 g/mol. The molecule has 1 aromatic heterocycles. The van der Waals surface area contributed by atoms with Gasteiger partial charge in [0.2, 0.25) is 0 Å². The van der Waals surface area contributed by atoms with Crippen molar-refractivity contribution in [3.05, 3.63) is 16.1 Å². The van der Waals surface area contributed by atoms with Crippen LogP contribution in [0.25, 0.3) is 0 Å². The molecule has 0 radical (unpaired) electrons. The molecule has 3 nitrogen and oxygen atoms in total. The minimum absolute atomic E-state index is 0.336. The Morgan fingerprint density at radius 1 is 1.69 bits per heavy atom. The zero-order chi connectivity index (χ0) is 11.4. The van der Waals surface area contributed by atoms with Gasteiger partial charge in [-0.2, -0.15) is 0 Å². The van der Waals surface area contributed by atoms with E-state index in [2.05, 4.69) is 29.5 Å². The van der Waals surface area contributed by atoms with Crippen molar-refractivity contribution in [3.63, 3.8) is 0 Å². The van der Waals surface area contributed by atoms with Gasteiger partial charge in [-0.15, -0.1) is 11.3 Å². The number of nitrogens with one attached hydrogen (secondary N) is 1. The van der Waals surface area contributed by atoms with Gasteiger partial charge in [0.15, 0.2) is 0 Å². The third-order valence-corrected chi connectivity index (χ3v) is 3.97. The van der Waals surface area contributed by atoms with Crippen LogP contribution in [0.1, 0.15) is 43.4 Å². The standard InChI is InChI=1S/C12H20N2OS/c1-3-12-14-11(8-16-12)9(2)13-10-5-4-6-15-7-10/h8-10,13H,3-7H2,1-2H3. The highest BCUT2D eigenvalue weighted by Gasteiger charge is 2.18. The summed E-state index contributed by atoms with van der Waals surface area (Å²) in [6.45, 7) is 6.09. The van der Waals surface area contributed by atoms with Gasteiger partial charge in [0.25, 0.3) is 0 Å². The maximum Gasteiger partial charge on any atom is 0.0926 e. The Morgan fingerprint density at radius 3 is 3.19 bits per heavy atom. The predicted octanol–water partition coefficient (Wildman–Crippen LogP) is 2.54. The molecule has 2 unspecified atom stereocenters. The number of thiazole rings is 1. The average Bonchev–Trinajstić information content (AvgIpc) is 2.79. The van der Waals surface area contributed by atoms with Crippen LogP contribution < -0.4 is 5.32 Å². The lowest BCUT2D eigenvalue weighted by Crippen LogP contribution is -2.38. The van der Waals surface area contributed by atoms with Crippen molar-refractivity contribution in [1.29, 1.82) is 0 Å². The van der Waals surface area contributed by atoms with Crippen molar-refractivity contribution in [2.24, 2.45) is 0 Å². The van der Waals surface area contributed by atoms with Crippen molar-refractivity contribution in [1.82, 2.24) is 10.3 Å². The van der Waals surface area contributed by atoms with Gasteiger partial charge in [0, 0.05) is 24.1 Å². The lowest BCUT2D eigenvalue weighted by molar-refractivity contribution is 0.0669. The largest absolute Gasteiger partial charge is 0.380 e. The molecule has 0 spiro atoms. The molecule has 1 fully saturated rings. The SMILES string of the molecule is CCc1nc(C(C)NC2CCCOC2)cs1. The number of ether oxygens (including phenoxy) is 1. The fourth-order valence-corrected chi connectivity index (χ4v) is 2.84. The first-order valence-corrected chi connectivity index (χ1v) is 6.95. The molecule has 4 heteroatoms. The topological polar surface area (TPSA) is 34.2 Å². The summed E-state index contributed by atoms with van der Waals surface area (Å²) in [4.78, 5) is 4.61. The fraction of sp³-hybridized carbons (Fsp3) is 0.750. The highest BCUT2D eigenvalue weighted by atomic mass is 32.1. The first kappa shape index (κ1) is 12.0. The van der Waals surface area contributed by atoms with Crippen LogP contribution in [0, 0.1) is 0 Å². The van der Waals surface area contributed by atoms with Gasteiger partial charge in [-0.3, -0.25) is 0 Å². The van der Waals surface area contributed by atoms with E-state index >= 15 is 0 Å². The molecule has 1 saturated heterocycles. The van der Waals surface area contributed by atoms with Gasteiger partial charge in [-0.25, -0.2) is 4.98 Å². The van der Waals surface area contributed by atoms with E-state index in [4.69, 9.17) is 4.74 Å². The van der Waals surface area contributed by atoms with E-state index in [9.17, 15) is 0 Å². The molecule has 1 N–H and O–H groups in total. The summed E-state index contributed by atoms with van der Waals surface area (Å²) >= 11 is 1.76. The van der Waals surface area contributed by atoms with E-state index < -0.39 is 0 Å². The van der Waals surface area contributed by atoms with E-state index in [1.165, 1.54) is 23.5 Å². The summed E-state index contributed by atoms with van der Waals surface area (Å²) in [5.41, 5.74) is 1.17. The second-order valence-electron chi connectivity index (χ2n) is 4.32. The Kier molecular flexibility index (Phi) is 4.32. The summed E-state index contributed by atoms with van der Waals surface area (Å²) in [5, 5.41) is 6.98. The van der Waals surface area contributed by atoms with Crippen molar-refractivity contribution < 1.29 is 4.74 Å². The summed E-state index contributed by atoms with van der Waals surface area (Å²) in [7, 11) is 0. The number of hydrogen-bond acceptors (Lipinski definition) is 4. The van der Waals surface area contributed by atoms with Gasteiger partial charge in [0.1, 0.15) is 0 Å². The van der Waals surface area contributed by atoms with E-state index in [-0.39, 0.29) is 0 Å². The molecule has 16 heavy (non-hydrogen) atoms. The molecule has 0 aromatic carbocycles. The van der Waals surface area contributed by atoms with Crippen molar-refractivity contribution in [2.45, 2.75) is 45.2 Å². The minimum Gasteiger partial charge on any atom is -0.380 e. The molecule has 1 aliphatic rings. The normalized spacial score (nSPS) is 23.2. The third kappa shape index (κ3) is 3.03. The molecule has 1 aromatic rings. The van der Waals surface area contributed by atoms with E-state index in [0.717, 1.165) is 19.6 Å². The maximum atomic E-state index is 5.46. The molecule has 2 rings (SSSR count). The zero-order valence-electron chi connectivity index (χ0n) is 10.0. The molecule has 2 atom stereocenters. The summed E-state index contributed by atoms with van der Waals surface area (Å²) < 4.78 is 5.46. The lowest BCUT2D eigenvalue weighted by Gasteiger charge is -2.26. The molecule has 0 amide bonds. The minimum atomic E-state index is 0.336. The molecule has 90 valence electrons. The maximum absolute atomic E-state index is 5.46. The smallest absolute Gasteiger partial charge is 0.0926 e. The molecule has 0 bridgehead atoms. The van der Waals surface area contributed by atoms with Crippen LogP contribution >= 0.6 is 11.3 Å². The highest BCUT2D eigenvalue weighted by Crippen LogP contribution is 2.18. The van der Waals surface area contributed by atoms with E-state index in [1.807, 2.05) is 0 Å². The molecule has 0 aliphatic carbocycles. The number of rotatable bonds is 4. The highest BCUT2D eigenvalue weighted by molar-refractivity contribution is 7.09. The molecule has 2 heterocycles. The van der Waals surface area contributed by atoms with Crippen LogP contribution in [0.15, 0.2) is 5.38 Å². The zero-order valence-corrected chi connectivity index (χ0v) is 10.8. The van der Waals surface area contributed by atoms with Gasteiger partial charge in [0.05, 0.1) is 17.3 Å². The Hall–Kier alpha value is -0.450. The summed E-state index contributed by atoms with van der Waals surface area (Å²) in [6, 6.07) is 0.832. The number of hydrogen-bond donors (Lipinski definition) is 1. The second-order valence-corrected chi connectivity index (χ2v) is 5.26. The summed E-state index contributed by atoms with van der Waals surface area (Å²) in [6.07, 6.45) is 3.42. The van der Waals surface area contributed by atoms with Crippen LogP contribution in [-0.2, 0) is 11.2 Å². The molecule has 1 aliphatic heterocycles. The Labute approximate surface area is 101 Å². The number of aryl methyl sites for hydroxylation is 1. The van der Waals surface area contributed by atoms with Gasteiger partial charge >= 0.3 is 0 Å². The lowest BCUT2D eigenvalue weighted by atomic mass is 10.1. The van der Waals surface area contributed by atoms with Gasteiger partial charge in [-0.1, -0.05) is 6.92 Å². The average molecular weight is 240 g/mol. The molecule has 0 saturated carbocycles. The van der Waals surface area contributed by atoms with Gasteiger partial charge in [-0.05, 0) is 26.2 Å². The Balaban J connectivity index is 1.88. The first-order chi connectivity index (χ1) is 7.79. The Bertz CT molecular complexity index is 321. The predicted molar refractivity (Wildman–Crippen MR) is 66.9 cm³/mol. The van der Waals surface area contributed by atoms with Crippen molar-refractivity contribution >= 4 is 11.3 Å². The quantitative estimate of drug-likeness (QED) is 0.878. The van der Waals surface area contributed by atoms with E-state index in [1.54, 1.807) is 11.3 Å². The third-order valence-electron chi connectivity index (χ3n) is 2.96. The second kappa shape index (κ2) is 5.75. The first-order valence-electron chi connectivity index (χ1n) is 6.07. The fourth-order valence-electron chi connectivity index (χ4n) is 2.00. The van der Waals surface area contributed by atoms with Crippen LogP contribution in [0.4, 0.5) is 0 Å². The van der Waals surface area contributed by atoms with Crippen LogP contribution in [-0.4, -0.2) is 24.2 Å². The Morgan fingerprint density at radius 2 is 2.56 bits per heavy atom. The monoisotopic (exact) mass is 240 g/mol. The number of nitrogens with zero attached hydrogens (tertiary/aromatic N) is 1. The van der Waals surface area contributed by atoms with Crippen LogP contribution in [0.2, 0.25) is 0 Å². The van der Waals surface area contributed by atoms with Crippen LogP contribution in [0.3, 0.4) is 0 Å². The number of aromatic nitrogens is 1.